The van der Waals surface area contributed by atoms with Crippen LogP contribution in [0.2, 0.25) is 0 Å². The lowest BCUT2D eigenvalue weighted by Crippen LogP contribution is -2.26. The second kappa shape index (κ2) is 7.25. The maximum Gasteiger partial charge on any atom is 0.289 e. The van der Waals surface area contributed by atoms with Crippen molar-refractivity contribution in [3.63, 3.8) is 0 Å². The van der Waals surface area contributed by atoms with Crippen molar-refractivity contribution in [1.82, 2.24) is 14.7 Å². The van der Waals surface area contributed by atoms with E-state index < -0.39 is 0 Å². The van der Waals surface area contributed by atoms with Crippen molar-refractivity contribution < 1.29 is 13.9 Å². The summed E-state index contributed by atoms with van der Waals surface area (Å²) in [5, 5.41) is 4.10. The number of aromatic nitrogens is 2. The van der Waals surface area contributed by atoms with E-state index in [-0.39, 0.29) is 12.5 Å². The quantitative estimate of drug-likeness (QED) is 0.692. The van der Waals surface area contributed by atoms with Crippen LogP contribution >= 0.6 is 0 Å². The third kappa shape index (κ3) is 4.09. The highest BCUT2D eigenvalue weighted by molar-refractivity contribution is 5.91. The molecule has 0 fully saturated rings. The predicted molar refractivity (Wildman–Crippen MR) is 93.2 cm³/mol. The molecule has 0 radical (unpaired) electrons. The number of amides is 1. The summed E-state index contributed by atoms with van der Waals surface area (Å²) >= 11 is 0. The molecule has 130 valence electrons. The first-order valence-corrected chi connectivity index (χ1v) is 8.03. The van der Waals surface area contributed by atoms with Crippen LogP contribution in [0.5, 0.6) is 5.75 Å². The van der Waals surface area contributed by atoms with E-state index in [4.69, 9.17) is 9.15 Å². The molecule has 0 unspecified atom stereocenters. The van der Waals surface area contributed by atoms with Crippen molar-refractivity contribution in [2.75, 3.05) is 7.05 Å². The molecule has 2 aromatic heterocycles. The van der Waals surface area contributed by atoms with Crippen molar-refractivity contribution in [3.8, 4) is 5.75 Å². The number of hydrogen-bond acceptors (Lipinski definition) is 4. The van der Waals surface area contributed by atoms with Crippen molar-refractivity contribution in [3.05, 3.63) is 71.4 Å². The fourth-order valence-corrected chi connectivity index (χ4v) is 2.49. The average Bonchev–Trinajstić information content (AvgIpc) is 3.22. The number of nitrogens with zero attached hydrogens (tertiary/aromatic N) is 3. The van der Waals surface area contributed by atoms with E-state index in [2.05, 4.69) is 5.10 Å². The predicted octanol–water partition coefficient (Wildman–Crippen LogP) is 3.17. The van der Waals surface area contributed by atoms with E-state index in [9.17, 15) is 4.79 Å². The molecule has 2 heterocycles. The Morgan fingerprint density at radius 1 is 1.28 bits per heavy atom. The summed E-state index contributed by atoms with van der Waals surface area (Å²) < 4.78 is 13.1. The number of furan rings is 1. The van der Waals surface area contributed by atoms with E-state index in [0.717, 1.165) is 17.0 Å². The Morgan fingerprint density at radius 2 is 2.12 bits per heavy atom. The third-order valence-electron chi connectivity index (χ3n) is 3.91. The first-order chi connectivity index (χ1) is 12.0. The average molecular weight is 339 g/mol. The number of carbonyl (C=O) groups excluding carboxylic acids is 1. The molecule has 1 aromatic carbocycles. The third-order valence-corrected chi connectivity index (χ3v) is 3.91. The van der Waals surface area contributed by atoms with Gasteiger partial charge in [0.15, 0.2) is 5.76 Å². The molecule has 1 amide bonds. The molecular formula is C19H21N3O3. The van der Waals surface area contributed by atoms with E-state index in [1.807, 2.05) is 44.3 Å². The summed E-state index contributed by atoms with van der Waals surface area (Å²) in [4.78, 5) is 14.1. The number of ether oxygens (including phenoxy) is 1. The van der Waals surface area contributed by atoms with Gasteiger partial charge in [-0.25, -0.2) is 0 Å². The van der Waals surface area contributed by atoms with E-state index in [1.54, 1.807) is 35.0 Å². The minimum absolute atomic E-state index is 0.178. The molecule has 0 aliphatic heterocycles. The molecule has 6 nitrogen and oxygen atoms in total. The second-order valence-electron chi connectivity index (χ2n) is 5.98. The monoisotopic (exact) mass is 339 g/mol. The Morgan fingerprint density at radius 3 is 2.84 bits per heavy atom. The van der Waals surface area contributed by atoms with Gasteiger partial charge in [0.1, 0.15) is 18.1 Å². The van der Waals surface area contributed by atoms with Crippen LogP contribution in [0.25, 0.3) is 0 Å². The first-order valence-electron chi connectivity index (χ1n) is 8.03. The van der Waals surface area contributed by atoms with Crippen molar-refractivity contribution in [1.29, 1.82) is 0 Å². The zero-order valence-electron chi connectivity index (χ0n) is 14.6. The highest BCUT2D eigenvalue weighted by Crippen LogP contribution is 2.17. The SMILES string of the molecule is Cc1cccc(OCc2ccc(C(=O)N(C)Cc3ccnn3C)o2)c1. The van der Waals surface area contributed by atoms with Crippen LogP contribution in [0.1, 0.15) is 27.6 Å². The largest absolute Gasteiger partial charge is 0.486 e. The van der Waals surface area contributed by atoms with Crippen LogP contribution in [0.15, 0.2) is 53.1 Å². The molecule has 0 aliphatic rings. The Kier molecular flexibility index (Phi) is 4.88. The molecule has 0 N–H and O–H groups in total. The molecular weight excluding hydrogens is 318 g/mol. The lowest BCUT2D eigenvalue weighted by atomic mass is 10.2. The summed E-state index contributed by atoms with van der Waals surface area (Å²) in [7, 11) is 3.59. The fourth-order valence-electron chi connectivity index (χ4n) is 2.49. The Hall–Kier alpha value is -3.02. The van der Waals surface area contributed by atoms with Gasteiger partial charge in [-0.1, -0.05) is 12.1 Å². The number of rotatable bonds is 6. The molecule has 25 heavy (non-hydrogen) atoms. The molecule has 6 heteroatoms. The summed E-state index contributed by atoms with van der Waals surface area (Å²) in [5.41, 5.74) is 2.08. The van der Waals surface area contributed by atoms with Crippen LogP contribution in [-0.2, 0) is 20.2 Å². The van der Waals surface area contributed by atoms with Gasteiger partial charge in [0.25, 0.3) is 5.91 Å². The molecule has 0 spiro atoms. The van der Waals surface area contributed by atoms with Gasteiger partial charge in [0, 0.05) is 20.3 Å². The van der Waals surface area contributed by atoms with Gasteiger partial charge in [0.2, 0.25) is 0 Å². The molecule has 0 bridgehead atoms. The highest BCUT2D eigenvalue weighted by Gasteiger charge is 2.17. The Balaban J connectivity index is 1.60. The van der Waals surface area contributed by atoms with Crippen molar-refractivity contribution >= 4 is 5.91 Å². The Bertz CT molecular complexity index is 866. The van der Waals surface area contributed by atoms with Crippen molar-refractivity contribution in [2.24, 2.45) is 7.05 Å². The number of hydrogen-bond donors (Lipinski definition) is 0. The molecule has 0 saturated heterocycles. The number of carbonyl (C=O) groups is 1. The smallest absolute Gasteiger partial charge is 0.289 e. The normalized spacial score (nSPS) is 10.7. The minimum atomic E-state index is -0.178. The van der Waals surface area contributed by atoms with E-state index in [1.165, 1.54) is 0 Å². The lowest BCUT2D eigenvalue weighted by Gasteiger charge is -2.15. The maximum absolute atomic E-state index is 12.5. The highest BCUT2D eigenvalue weighted by atomic mass is 16.5. The molecule has 0 atom stereocenters. The fraction of sp³-hybridized carbons (Fsp3) is 0.263. The first kappa shape index (κ1) is 16.8. The standard InChI is InChI=1S/C19H21N3O3/c1-14-5-4-6-16(11-14)24-13-17-7-8-18(25-17)19(23)21(2)12-15-9-10-20-22(15)3/h4-11H,12-13H2,1-3H3. The van der Waals surface area contributed by atoms with Crippen LogP contribution in [0.3, 0.4) is 0 Å². The van der Waals surface area contributed by atoms with Gasteiger partial charge in [-0.15, -0.1) is 0 Å². The zero-order valence-corrected chi connectivity index (χ0v) is 14.6. The number of benzene rings is 1. The molecule has 0 saturated carbocycles. The molecule has 3 aromatic rings. The number of aryl methyl sites for hydroxylation is 2. The second-order valence-corrected chi connectivity index (χ2v) is 5.98. The van der Waals surface area contributed by atoms with Gasteiger partial charge >= 0.3 is 0 Å². The lowest BCUT2D eigenvalue weighted by molar-refractivity contribution is 0.0746. The summed E-state index contributed by atoms with van der Waals surface area (Å²) in [6.45, 7) is 2.75. The summed E-state index contributed by atoms with van der Waals surface area (Å²) in [5.74, 6) is 1.51. The minimum Gasteiger partial charge on any atom is -0.486 e. The van der Waals surface area contributed by atoms with Gasteiger partial charge in [0.05, 0.1) is 12.2 Å². The molecule has 3 rings (SSSR count). The topological polar surface area (TPSA) is 60.5 Å². The van der Waals surface area contributed by atoms with E-state index in [0.29, 0.717) is 18.1 Å². The maximum atomic E-state index is 12.5. The zero-order chi connectivity index (χ0) is 17.8. The van der Waals surface area contributed by atoms with Gasteiger partial charge < -0.3 is 14.1 Å². The van der Waals surface area contributed by atoms with Gasteiger partial charge in [-0.2, -0.15) is 5.10 Å². The van der Waals surface area contributed by atoms with E-state index >= 15 is 0 Å². The van der Waals surface area contributed by atoms with Crippen molar-refractivity contribution in [2.45, 2.75) is 20.1 Å². The van der Waals surface area contributed by atoms with Crippen LogP contribution < -0.4 is 4.74 Å². The van der Waals surface area contributed by atoms with Crippen LogP contribution in [0, 0.1) is 6.92 Å². The molecule has 0 aliphatic carbocycles. The summed E-state index contributed by atoms with van der Waals surface area (Å²) in [6.07, 6.45) is 1.71. The van der Waals surface area contributed by atoms with Crippen LogP contribution in [0.4, 0.5) is 0 Å². The summed E-state index contributed by atoms with van der Waals surface area (Å²) in [6, 6.07) is 13.1. The van der Waals surface area contributed by atoms with Gasteiger partial charge in [-0.05, 0) is 42.8 Å². The van der Waals surface area contributed by atoms with Crippen LogP contribution in [-0.4, -0.2) is 27.6 Å². The van der Waals surface area contributed by atoms with Gasteiger partial charge in [-0.3, -0.25) is 9.48 Å². The Labute approximate surface area is 146 Å².